The Labute approximate surface area is 87.3 Å². The predicted octanol–water partition coefficient (Wildman–Crippen LogP) is 2.95. The predicted molar refractivity (Wildman–Crippen MR) is 54.4 cm³/mol. The van der Waals surface area contributed by atoms with Gasteiger partial charge in [-0.2, -0.15) is 0 Å². The van der Waals surface area contributed by atoms with Crippen LogP contribution in [0, 0.1) is 17.0 Å². The molecule has 2 nitrogen and oxygen atoms in total. The summed E-state index contributed by atoms with van der Waals surface area (Å²) in [7, 11) is 0. The Morgan fingerprint density at radius 3 is 2.40 bits per heavy atom. The second-order valence-corrected chi connectivity index (χ2v) is 4.33. The Morgan fingerprint density at radius 1 is 1.27 bits per heavy atom. The van der Waals surface area contributed by atoms with Gasteiger partial charge >= 0.3 is 0 Å². The first kappa shape index (κ1) is 11.6. The van der Waals surface area contributed by atoms with Crippen molar-refractivity contribution >= 4 is 11.6 Å². The smallest absolute Gasteiger partial charge is 0.229 e. The first-order valence-electron chi connectivity index (χ1n) is 4.57. The van der Waals surface area contributed by atoms with Gasteiger partial charge in [0.2, 0.25) is 5.91 Å². The molecular weight excluding hydrogens is 200 g/mol. The van der Waals surface area contributed by atoms with Gasteiger partial charge in [-0.05, 0) is 12.1 Å². The zero-order chi connectivity index (χ0) is 11.6. The summed E-state index contributed by atoms with van der Waals surface area (Å²) in [6.07, 6.45) is 0. The summed E-state index contributed by atoms with van der Waals surface area (Å²) < 4.78 is 25.9. The number of carbonyl (C=O) groups excluding carboxylic acids is 1. The highest BCUT2D eigenvalue weighted by Crippen LogP contribution is 2.20. The fraction of sp³-hybridized carbons (Fsp3) is 0.364. The summed E-state index contributed by atoms with van der Waals surface area (Å²) >= 11 is 0. The zero-order valence-electron chi connectivity index (χ0n) is 8.90. The molecule has 0 unspecified atom stereocenters. The lowest BCUT2D eigenvalue weighted by atomic mass is 9.95. The summed E-state index contributed by atoms with van der Waals surface area (Å²) in [5, 5.41) is 2.34. The van der Waals surface area contributed by atoms with Crippen molar-refractivity contribution in [2.24, 2.45) is 5.41 Å². The molecule has 0 fully saturated rings. The van der Waals surface area contributed by atoms with E-state index in [0.29, 0.717) is 0 Å². The van der Waals surface area contributed by atoms with Gasteiger partial charge in [-0.1, -0.05) is 20.8 Å². The third-order valence-corrected chi connectivity index (χ3v) is 1.86. The van der Waals surface area contributed by atoms with Crippen LogP contribution in [0.15, 0.2) is 18.2 Å². The van der Waals surface area contributed by atoms with Crippen LogP contribution in [0.4, 0.5) is 14.5 Å². The monoisotopic (exact) mass is 213 g/mol. The number of nitrogens with one attached hydrogen (secondary N) is 1. The van der Waals surface area contributed by atoms with E-state index < -0.39 is 17.0 Å². The van der Waals surface area contributed by atoms with Crippen molar-refractivity contribution in [3.63, 3.8) is 0 Å². The van der Waals surface area contributed by atoms with Crippen LogP contribution >= 0.6 is 0 Å². The molecule has 0 bridgehead atoms. The zero-order valence-corrected chi connectivity index (χ0v) is 8.90. The Kier molecular flexibility index (Phi) is 3.07. The molecule has 1 aromatic rings. The van der Waals surface area contributed by atoms with E-state index in [2.05, 4.69) is 5.32 Å². The van der Waals surface area contributed by atoms with E-state index in [1.165, 1.54) is 0 Å². The van der Waals surface area contributed by atoms with Gasteiger partial charge in [0.15, 0.2) is 0 Å². The standard InChI is InChI=1S/C11H13F2NO/c1-11(2,3)10(15)14-9-6-7(12)4-5-8(9)13/h4-6H,1-3H3,(H,14,15). The number of anilines is 1. The molecule has 0 saturated heterocycles. The first-order chi connectivity index (χ1) is 6.80. The quantitative estimate of drug-likeness (QED) is 0.763. The highest BCUT2D eigenvalue weighted by atomic mass is 19.1. The second-order valence-electron chi connectivity index (χ2n) is 4.33. The van der Waals surface area contributed by atoms with Crippen LogP contribution in [-0.2, 0) is 4.79 Å². The lowest BCUT2D eigenvalue weighted by Gasteiger charge is -2.17. The van der Waals surface area contributed by atoms with Gasteiger partial charge in [-0.15, -0.1) is 0 Å². The molecule has 0 spiro atoms. The molecule has 0 saturated carbocycles. The summed E-state index contributed by atoms with van der Waals surface area (Å²) in [4.78, 5) is 11.5. The Balaban J connectivity index is 2.90. The number of hydrogen-bond acceptors (Lipinski definition) is 1. The first-order valence-corrected chi connectivity index (χ1v) is 4.57. The molecule has 0 aliphatic heterocycles. The molecule has 4 heteroatoms. The van der Waals surface area contributed by atoms with Gasteiger partial charge in [0, 0.05) is 11.5 Å². The van der Waals surface area contributed by atoms with E-state index in [4.69, 9.17) is 0 Å². The largest absolute Gasteiger partial charge is 0.323 e. The van der Waals surface area contributed by atoms with Crippen molar-refractivity contribution in [3.8, 4) is 0 Å². The lowest BCUT2D eigenvalue weighted by molar-refractivity contribution is -0.123. The lowest BCUT2D eigenvalue weighted by Crippen LogP contribution is -2.28. The fourth-order valence-corrected chi connectivity index (χ4v) is 0.903. The van der Waals surface area contributed by atoms with E-state index >= 15 is 0 Å². The third kappa shape index (κ3) is 3.01. The molecule has 1 rings (SSSR count). The Hall–Kier alpha value is -1.45. The van der Waals surface area contributed by atoms with Crippen molar-refractivity contribution in [1.29, 1.82) is 0 Å². The average Bonchev–Trinajstić information content (AvgIpc) is 2.09. The van der Waals surface area contributed by atoms with Gasteiger partial charge in [0.25, 0.3) is 0 Å². The maximum Gasteiger partial charge on any atom is 0.229 e. The molecule has 0 aliphatic carbocycles. The second kappa shape index (κ2) is 3.96. The van der Waals surface area contributed by atoms with E-state index in [-0.39, 0.29) is 11.6 Å². The molecule has 1 N–H and O–H groups in total. The van der Waals surface area contributed by atoms with Crippen molar-refractivity contribution in [2.45, 2.75) is 20.8 Å². The normalized spacial score (nSPS) is 11.3. The van der Waals surface area contributed by atoms with E-state index in [1.54, 1.807) is 20.8 Å². The van der Waals surface area contributed by atoms with Crippen LogP contribution in [0.1, 0.15) is 20.8 Å². The number of carbonyl (C=O) groups is 1. The van der Waals surface area contributed by atoms with Crippen LogP contribution in [0.25, 0.3) is 0 Å². The number of halogens is 2. The number of hydrogen-bond donors (Lipinski definition) is 1. The van der Waals surface area contributed by atoms with Crippen molar-refractivity contribution < 1.29 is 13.6 Å². The molecule has 15 heavy (non-hydrogen) atoms. The topological polar surface area (TPSA) is 29.1 Å². The van der Waals surface area contributed by atoms with Gasteiger partial charge in [-0.25, -0.2) is 8.78 Å². The molecule has 82 valence electrons. The maximum atomic E-state index is 13.1. The van der Waals surface area contributed by atoms with Crippen molar-refractivity contribution in [2.75, 3.05) is 5.32 Å². The summed E-state index contributed by atoms with van der Waals surface area (Å²) in [6, 6.07) is 2.94. The molecule has 0 heterocycles. The summed E-state index contributed by atoms with van der Waals surface area (Å²) in [6.45, 7) is 5.08. The summed E-state index contributed by atoms with van der Waals surface area (Å²) in [5.74, 6) is -1.58. The average molecular weight is 213 g/mol. The molecular formula is C11H13F2NO. The van der Waals surface area contributed by atoms with Gasteiger partial charge in [0.05, 0.1) is 5.69 Å². The van der Waals surface area contributed by atoms with Crippen LogP contribution in [0.3, 0.4) is 0 Å². The van der Waals surface area contributed by atoms with Gasteiger partial charge < -0.3 is 5.32 Å². The third-order valence-electron chi connectivity index (χ3n) is 1.86. The molecule has 1 aromatic carbocycles. The molecule has 0 aliphatic rings. The number of rotatable bonds is 1. The Bertz CT molecular complexity index is 383. The van der Waals surface area contributed by atoms with Crippen LogP contribution in [0.5, 0.6) is 0 Å². The fourth-order valence-electron chi connectivity index (χ4n) is 0.903. The minimum Gasteiger partial charge on any atom is -0.323 e. The number of benzene rings is 1. The van der Waals surface area contributed by atoms with Crippen LogP contribution in [-0.4, -0.2) is 5.91 Å². The SMILES string of the molecule is CC(C)(C)C(=O)Nc1cc(F)ccc1F. The minimum atomic E-state index is -0.644. The highest BCUT2D eigenvalue weighted by molar-refractivity contribution is 5.94. The van der Waals surface area contributed by atoms with Gasteiger partial charge in [0.1, 0.15) is 11.6 Å². The molecule has 0 atom stereocenters. The summed E-state index contributed by atoms with van der Waals surface area (Å²) in [5.41, 5.74) is -0.770. The van der Waals surface area contributed by atoms with E-state index in [1.807, 2.05) is 0 Å². The molecule has 0 radical (unpaired) electrons. The highest BCUT2D eigenvalue weighted by Gasteiger charge is 2.22. The van der Waals surface area contributed by atoms with Gasteiger partial charge in [-0.3, -0.25) is 4.79 Å². The van der Waals surface area contributed by atoms with E-state index in [9.17, 15) is 13.6 Å². The number of amides is 1. The Morgan fingerprint density at radius 2 is 1.87 bits per heavy atom. The van der Waals surface area contributed by atoms with Crippen molar-refractivity contribution in [1.82, 2.24) is 0 Å². The van der Waals surface area contributed by atoms with E-state index in [0.717, 1.165) is 18.2 Å². The van der Waals surface area contributed by atoms with Crippen LogP contribution < -0.4 is 5.32 Å². The maximum absolute atomic E-state index is 13.1. The molecule has 0 aromatic heterocycles. The van der Waals surface area contributed by atoms with Crippen molar-refractivity contribution in [3.05, 3.63) is 29.8 Å². The molecule has 1 amide bonds. The van der Waals surface area contributed by atoms with Crippen LogP contribution in [0.2, 0.25) is 0 Å². The minimum absolute atomic E-state index is 0.130.